The van der Waals surface area contributed by atoms with Crippen molar-refractivity contribution in [2.24, 2.45) is 0 Å². The van der Waals surface area contributed by atoms with E-state index in [9.17, 15) is 0 Å². The molecule has 0 N–H and O–H groups in total. The molecule has 0 amide bonds. The third kappa shape index (κ3) is 2.26. The Morgan fingerprint density at radius 1 is 0.600 bits per heavy atom. The third-order valence-corrected chi connectivity index (χ3v) is 13.4. The van der Waals surface area contributed by atoms with Crippen LogP contribution in [-0.4, -0.2) is 8.07 Å². The molecule has 0 radical (unpaired) electrons. The van der Waals surface area contributed by atoms with Gasteiger partial charge in [0.1, 0.15) is 0 Å². The molecule has 0 atom stereocenters. The molecule has 0 bridgehead atoms. The zero-order valence-corrected chi connectivity index (χ0v) is 18.8. The quantitative estimate of drug-likeness (QED) is 0.306. The van der Waals surface area contributed by atoms with Crippen LogP contribution in [0.1, 0.15) is 0 Å². The Hall–Kier alpha value is -0.983. The van der Waals surface area contributed by atoms with Gasteiger partial charge in [0, 0.05) is 9.75 Å². The maximum absolute atomic E-state index is 3.75. The normalized spacial score (nSPS) is 14.3. The average Bonchev–Trinajstić information content (AvgIpc) is 3.26. The van der Waals surface area contributed by atoms with Crippen LogP contribution < -0.4 is 20.7 Å². The largest absolute Gasteiger partial charge is 0.182 e. The number of thiophene rings is 2. The Morgan fingerprint density at radius 2 is 1.00 bits per heavy atom. The van der Waals surface area contributed by atoms with E-state index in [1.165, 1.54) is 38.1 Å². The number of hydrogen-bond acceptors (Lipinski definition) is 2. The van der Waals surface area contributed by atoms with Gasteiger partial charge in [-0.05, 0) is 64.7 Å². The standard InChI is InChI=1S/C20H12Br2S2Si/c21-17-11-15-19(23-17)20-16(12-18(22)24-20)25(15,13-7-3-1-4-8-13)14-9-5-2-6-10-14/h1-12H. The Bertz CT molecular complexity index is 980. The van der Waals surface area contributed by atoms with Gasteiger partial charge in [0.05, 0.1) is 7.57 Å². The van der Waals surface area contributed by atoms with E-state index < -0.39 is 8.07 Å². The number of benzene rings is 2. The van der Waals surface area contributed by atoms with E-state index in [0.29, 0.717) is 0 Å². The second-order valence-electron chi connectivity index (χ2n) is 6.07. The zero-order chi connectivity index (χ0) is 17.0. The summed E-state index contributed by atoms with van der Waals surface area (Å²) in [5.41, 5.74) is 0. The SMILES string of the molecule is Brc1cc2c(s1)-c1sc(Br)cc1[Si]2(c1ccccc1)c1ccccc1. The molecule has 122 valence electrons. The highest BCUT2D eigenvalue weighted by Crippen LogP contribution is 2.41. The van der Waals surface area contributed by atoms with Gasteiger partial charge in [0.15, 0.2) is 8.07 Å². The summed E-state index contributed by atoms with van der Waals surface area (Å²) in [5, 5.41) is 5.96. The maximum atomic E-state index is 3.75. The van der Waals surface area contributed by atoms with Crippen molar-refractivity contribution in [2.45, 2.75) is 0 Å². The lowest BCUT2D eigenvalue weighted by Gasteiger charge is -2.29. The van der Waals surface area contributed by atoms with Gasteiger partial charge in [-0.25, -0.2) is 0 Å². The van der Waals surface area contributed by atoms with Crippen molar-refractivity contribution in [1.82, 2.24) is 0 Å². The van der Waals surface area contributed by atoms with Gasteiger partial charge in [-0.15, -0.1) is 22.7 Å². The molecule has 0 unspecified atom stereocenters. The fourth-order valence-corrected chi connectivity index (χ4v) is 14.0. The Morgan fingerprint density at radius 3 is 1.40 bits per heavy atom. The summed E-state index contributed by atoms with van der Waals surface area (Å²) in [6.07, 6.45) is 0. The van der Waals surface area contributed by atoms with Crippen molar-refractivity contribution < 1.29 is 0 Å². The fourth-order valence-electron chi connectivity index (χ4n) is 3.93. The number of rotatable bonds is 2. The first kappa shape index (κ1) is 16.2. The van der Waals surface area contributed by atoms with E-state index in [4.69, 9.17) is 0 Å². The van der Waals surface area contributed by atoms with Crippen molar-refractivity contribution in [1.29, 1.82) is 0 Å². The van der Waals surface area contributed by atoms with Crippen molar-refractivity contribution in [3.05, 3.63) is 80.4 Å². The molecule has 5 rings (SSSR count). The van der Waals surface area contributed by atoms with Crippen LogP contribution in [0.3, 0.4) is 0 Å². The first-order valence-electron chi connectivity index (χ1n) is 7.92. The minimum absolute atomic E-state index is 1.22. The van der Waals surface area contributed by atoms with Crippen LogP contribution in [0.2, 0.25) is 0 Å². The molecule has 5 heteroatoms. The summed E-state index contributed by atoms with van der Waals surface area (Å²) in [5.74, 6) is 0. The molecule has 1 aliphatic heterocycles. The molecule has 4 aromatic rings. The van der Waals surface area contributed by atoms with Crippen molar-refractivity contribution >= 4 is 83.4 Å². The molecule has 0 saturated heterocycles. The van der Waals surface area contributed by atoms with E-state index in [-0.39, 0.29) is 0 Å². The predicted molar refractivity (Wildman–Crippen MR) is 120 cm³/mol. The van der Waals surface area contributed by atoms with E-state index in [2.05, 4.69) is 105 Å². The topological polar surface area (TPSA) is 0 Å². The zero-order valence-electron chi connectivity index (χ0n) is 13.0. The summed E-state index contributed by atoms with van der Waals surface area (Å²) in [4.78, 5) is 2.88. The van der Waals surface area contributed by atoms with Crippen LogP contribution in [0.15, 0.2) is 80.4 Å². The number of hydrogen-bond donors (Lipinski definition) is 0. The van der Waals surface area contributed by atoms with Crippen LogP contribution in [0, 0.1) is 0 Å². The highest BCUT2D eigenvalue weighted by atomic mass is 79.9. The highest BCUT2D eigenvalue weighted by Gasteiger charge is 2.50. The molecule has 0 saturated carbocycles. The lowest BCUT2D eigenvalue weighted by molar-refractivity contribution is 1.71. The maximum Gasteiger partial charge on any atom is 0.182 e. The average molecular weight is 504 g/mol. The second kappa shape index (κ2) is 6.03. The van der Waals surface area contributed by atoms with Crippen LogP contribution >= 0.6 is 54.5 Å². The van der Waals surface area contributed by atoms with E-state index in [1.54, 1.807) is 0 Å². The van der Waals surface area contributed by atoms with Gasteiger partial charge in [-0.1, -0.05) is 60.7 Å². The van der Waals surface area contributed by atoms with Crippen molar-refractivity contribution in [3.63, 3.8) is 0 Å². The second-order valence-corrected chi connectivity index (χ2v) is 14.7. The Kier molecular flexibility index (Phi) is 3.91. The fraction of sp³-hybridized carbons (Fsp3) is 0. The van der Waals surface area contributed by atoms with Gasteiger partial charge in [0.25, 0.3) is 0 Å². The molecule has 3 heterocycles. The van der Waals surface area contributed by atoms with Crippen molar-refractivity contribution in [3.8, 4) is 9.75 Å². The number of fused-ring (bicyclic) bond motifs is 3. The lowest BCUT2D eigenvalue weighted by Crippen LogP contribution is -2.72. The molecule has 25 heavy (non-hydrogen) atoms. The monoisotopic (exact) mass is 502 g/mol. The van der Waals surface area contributed by atoms with Gasteiger partial charge in [-0.2, -0.15) is 0 Å². The summed E-state index contributed by atoms with van der Waals surface area (Å²) >= 11 is 11.2. The van der Waals surface area contributed by atoms with Crippen LogP contribution in [0.4, 0.5) is 0 Å². The third-order valence-electron chi connectivity index (χ3n) is 4.83. The molecular formula is C20H12Br2S2Si. The number of halogens is 2. The van der Waals surface area contributed by atoms with E-state index in [0.717, 1.165) is 0 Å². The van der Waals surface area contributed by atoms with Crippen molar-refractivity contribution in [2.75, 3.05) is 0 Å². The van der Waals surface area contributed by atoms with Gasteiger partial charge < -0.3 is 0 Å². The summed E-state index contributed by atoms with van der Waals surface area (Å²) < 4.78 is 2.44. The van der Waals surface area contributed by atoms with Crippen LogP contribution in [0.25, 0.3) is 9.75 Å². The highest BCUT2D eigenvalue weighted by molar-refractivity contribution is 9.11. The molecule has 2 aromatic heterocycles. The molecule has 0 fully saturated rings. The Balaban J connectivity index is 1.97. The minimum Gasteiger partial charge on any atom is -0.127 e. The molecule has 0 spiro atoms. The van der Waals surface area contributed by atoms with E-state index in [1.807, 2.05) is 22.7 Å². The summed E-state index contributed by atoms with van der Waals surface area (Å²) in [7, 11) is -2.22. The van der Waals surface area contributed by atoms with Crippen LogP contribution in [0.5, 0.6) is 0 Å². The van der Waals surface area contributed by atoms with Gasteiger partial charge in [0.2, 0.25) is 0 Å². The first-order valence-corrected chi connectivity index (χ1v) is 13.1. The Labute approximate surface area is 172 Å². The van der Waals surface area contributed by atoms with Crippen LogP contribution in [-0.2, 0) is 0 Å². The molecule has 1 aliphatic rings. The minimum atomic E-state index is -2.22. The predicted octanol–water partition coefficient (Wildman–Crippen LogP) is 4.69. The first-order chi connectivity index (χ1) is 12.2. The summed E-state index contributed by atoms with van der Waals surface area (Å²) in [6, 6.07) is 26.9. The molecular weight excluding hydrogens is 492 g/mol. The van der Waals surface area contributed by atoms with Gasteiger partial charge in [-0.3, -0.25) is 0 Å². The molecule has 0 nitrogen and oxygen atoms in total. The molecule has 0 aliphatic carbocycles. The molecule has 2 aromatic carbocycles. The smallest absolute Gasteiger partial charge is 0.127 e. The van der Waals surface area contributed by atoms with Gasteiger partial charge >= 0.3 is 0 Å². The van der Waals surface area contributed by atoms with E-state index >= 15 is 0 Å². The lowest BCUT2D eigenvalue weighted by atomic mass is 10.4. The summed E-state index contributed by atoms with van der Waals surface area (Å²) in [6.45, 7) is 0.